The summed E-state index contributed by atoms with van der Waals surface area (Å²) in [6.45, 7) is 5.62. The van der Waals surface area contributed by atoms with Crippen molar-refractivity contribution in [1.82, 2.24) is 5.32 Å². The molecule has 0 radical (unpaired) electrons. The van der Waals surface area contributed by atoms with Crippen molar-refractivity contribution < 1.29 is 14.7 Å². The predicted octanol–water partition coefficient (Wildman–Crippen LogP) is 1.54. The van der Waals surface area contributed by atoms with Gasteiger partial charge in [-0.15, -0.1) is 0 Å². The van der Waals surface area contributed by atoms with E-state index in [-0.39, 0.29) is 5.92 Å². The summed E-state index contributed by atoms with van der Waals surface area (Å²) in [4.78, 5) is 23.0. The number of benzene rings is 1. The number of aryl methyl sites for hydroxylation is 1. The molecule has 0 aromatic heterocycles. The zero-order valence-electron chi connectivity index (χ0n) is 12.1. The number of hydrogen-bond donors (Lipinski definition) is 2. The Hall–Kier alpha value is -2.04. The predicted molar refractivity (Wildman–Crippen MR) is 76.2 cm³/mol. The van der Waals surface area contributed by atoms with Gasteiger partial charge in [0.25, 0.3) is 0 Å². The van der Waals surface area contributed by atoms with Crippen molar-refractivity contribution >= 4 is 17.7 Å². The molecule has 0 fully saturated rings. The molecule has 0 aliphatic carbocycles. The van der Waals surface area contributed by atoms with Gasteiger partial charge in [-0.1, -0.05) is 45.4 Å². The van der Waals surface area contributed by atoms with Gasteiger partial charge in [-0.2, -0.15) is 0 Å². The lowest BCUT2D eigenvalue weighted by Crippen LogP contribution is -2.52. The number of para-hydroxylation sites is 1. The average Bonchev–Trinajstić information content (AvgIpc) is 2.44. The second-order valence-corrected chi connectivity index (χ2v) is 4.79. The third-order valence-corrected chi connectivity index (χ3v) is 3.40. The summed E-state index contributed by atoms with van der Waals surface area (Å²) < 4.78 is 0. The van der Waals surface area contributed by atoms with Crippen LogP contribution in [0.15, 0.2) is 24.3 Å². The highest BCUT2D eigenvalue weighted by molar-refractivity contribution is 5.92. The molecular weight excluding hydrogens is 256 g/mol. The minimum atomic E-state index is -1.27. The average molecular weight is 277 g/mol. The number of hydrogen-bond acceptors (Lipinski definition) is 3. The van der Waals surface area contributed by atoms with Gasteiger partial charge >= 0.3 is 6.03 Å². The number of carboxylic acid groups (broad SMARTS) is 1. The Labute approximate surface area is 119 Å². The van der Waals surface area contributed by atoms with Crippen molar-refractivity contribution in [3.05, 3.63) is 29.8 Å². The van der Waals surface area contributed by atoms with E-state index in [1.54, 1.807) is 13.0 Å². The van der Waals surface area contributed by atoms with Crippen LogP contribution >= 0.6 is 0 Å². The summed E-state index contributed by atoms with van der Waals surface area (Å²) in [7, 11) is 0. The van der Waals surface area contributed by atoms with Crippen LogP contribution in [0.3, 0.4) is 0 Å². The molecule has 0 heterocycles. The van der Waals surface area contributed by atoms with Crippen LogP contribution in [-0.4, -0.2) is 18.0 Å². The molecule has 1 aromatic rings. The zero-order valence-corrected chi connectivity index (χ0v) is 12.1. The first kappa shape index (κ1) is 16.0. The van der Waals surface area contributed by atoms with E-state index in [9.17, 15) is 14.7 Å². The summed E-state index contributed by atoms with van der Waals surface area (Å²) in [6.07, 6.45) is 1.43. The lowest BCUT2D eigenvalue weighted by Gasteiger charge is -2.25. The van der Waals surface area contributed by atoms with Crippen LogP contribution in [0.1, 0.15) is 32.8 Å². The molecule has 1 aromatic carbocycles. The Bertz CT molecular complexity index is 474. The van der Waals surface area contributed by atoms with Gasteiger partial charge in [0.2, 0.25) is 0 Å². The van der Waals surface area contributed by atoms with Crippen LogP contribution in [-0.2, 0) is 11.2 Å². The molecular formula is C15H21N2O3-. The summed E-state index contributed by atoms with van der Waals surface area (Å²) >= 11 is 0. The number of anilines is 1. The molecule has 0 saturated carbocycles. The van der Waals surface area contributed by atoms with Crippen molar-refractivity contribution in [1.29, 1.82) is 0 Å². The first-order chi connectivity index (χ1) is 9.49. The second-order valence-electron chi connectivity index (χ2n) is 4.79. The van der Waals surface area contributed by atoms with Crippen molar-refractivity contribution in [2.45, 2.75) is 39.7 Å². The van der Waals surface area contributed by atoms with Gasteiger partial charge in [0.1, 0.15) is 0 Å². The topological polar surface area (TPSA) is 81.3 Å². The molecule has 2 amide bonds. The highest BCUT2D eigenvalue weighted by Crippen LogP contribution is 2.15. The first-order valence-corrected chi connectivity index (χ1v) is 6.85. The Morgan fingerprint density at radius 1 is 1.25 bits per heavy atom. The number of nitrogens with one attached hydrogen (secondary N) is 2. The SMILES string of the molecule is CCc1ccccc1NC(=O)N[C@H](C(=O)[O-])[C@H](C)CC. The number of aliphatic carboxylic acids is 1. The Balaban J connectivity index is 2.73. The number of amides is 2. The minimum absolute atomic E-state index is 0.188. The molecule has 2 atom stereocenters. The standard InChI is InChI=1S/C15H22N2O3/c1-4-10(3)13(14(18)19)17-15(20)16-12-9-7-6-8-11(12)5-2/h6-10,13H,4-5H2,1-3H3,(H,18,19)(H2,16,17,20)/p-1/t10-,13+/m1/s1. The maximum absolute atomic E-state index is 11.9. The van der Waals surface area contributed by atoms with Crippen LogP contribution in [0.5, 0.6) is 0 Å². The molecule has 20 heavy (non-hydrogen) atoms. The van der Waals surface area contributed by atoms with Crippen molar-refractivity contribution in [3.8, 4) is 0 Å². The van der Waals surface area contributed by atoms with E-state index >= 15 is 0 Å². The molecule has 5 nitrogen and oxygen atoms in total. The smallest absolute Gasteiger partial charge is 0.319 e. The van der Waals surface area contributed by atoms with Gasteiger partial charge < -0.3 is 20.5 Å². The minimum Gasteiger partial charge on any atom is -0.548 e. The molecule has 0 aliphatic rings. The highest BCUT2D eigenvalue weighted by atomic mass is 16.4. The molecule has 0 unspecified atom stereocenters. The summed E-state index contributed by atoms with van der Waals surface area (Å²) in [6, 6.07) is 5.90. The van der Waals surface area contributed by atoms with Gasteiger partial charge in [0.15, 0.2) is 0 Å². The maximum atomic E-state index is 11.9. The number of carbonyl (C=O) groups excluding carboxylic acids is 2. The van der Waals surface area contributed by atoms with Crippen LogP contribution in [0, 0.1) is 5.92 Å². The summed E-state index contributed by atoms with van der Waals surface area (Å²) in [5.41, 5.74) is 1.69. The van der Waals surface area contributed by atoms with Crippen molar-refractivity contribution in [3.63, 3.8) is 0 Å². The molecule has 0 aliphatic heterocycles. The van der Waals surface area contributed by atoms with Crippen LogP contribution in [0.2, 0.25) is 0 Å². The molecule has 1 rings (SSSR count). The molecule has 0 saturated heterocycles. The fourth-order valence-electron chi connectivity index (χ4n) is 1.92. The molecule has 2 N–H and O–H groups in total. The van der Waals surface area contributed by atoms with Gasteiger partial charge in [0.05, 0.1) is 12.0 Å². The van der Waals surface area contributed by atoms with E-state index in [2.05, 4.69) is 10.6 Å². The van der Waals surface area contributed by atoms with Crippen LogP contribution < -0.4 is 15.7 Å². The van der Waals surface area contributed by atoms with Gasteiger partial charge in [-0.25, -0.2) is 4.79 Å². The number of rotatable bonds is 6. The summed E-state index contributed by atoms with van der Waals surface area (Å²) in [5.74, 6) is -1.45. The Kier molecular flexibility index (Phi) is 6.03. The van der Waals surface area contributed by atoms with Crippen molar-refractivity contribution in [2.75, 3.05) is 5.32 Å². The van der Waals surface area contributed by atoms with Crippen LogP contribution in [0.4, 0.5) is 10.5 Å². The number of carbonyl (C=O) groups is 2. The zero-order chi connectivity index (χ0) is 15.1. The fraction of sp³-hybridized carbons (Fsp3) is 0.467. The van der Waals surface area contributed by atoms with E-state index in [1.165, 1.54) is 0 Å². The third kappa shape index (κ3) is 4.26. The monoisotopic (exact) mass is 277 g/mol. The van der Waals surface area contributed by atoms with E-state index in [0.29, 0.717) is 12.1 Å². The quantitative estimate of drug-likeness (QED) is 0.827. The van der Waals surface area contributed by atoms with E-state index in [4.69, 9.17) is 0 Å². The van der Waals surface area contributed by atoms with E-state index in [0.717, 1.165) is 12.0 Å². The molecule has 110 valence electrons. The van der Waals surface area contributed by atoms with Crippen molar-refractivity contribution in [2.24, 2.45) is 5.92 Å². The lowest BCUT2D eigenvalue weighted by atomic mass is 9.99. The lowest BCUT2D eigenvalue weighted by molar-refractivity contribution is -0.309. The van der Waals surface area contributed by atoms with Gasteiger partial charge in [-0.05, 0) is 24.0 Å². The third-order valence-electron chi connectivity index (χ3n) is 3.40. The molecule has 0 spiro atoms. The largest absolute Gasteiger partial charge is 0.548 e. The van der Waals surface area contributed by atoms with Crippen LogP contribution in [0.25, 0.3) is 0 Å². The van der Waals surface area contributed by atoms with E-state index in [1.807, 2.05) is 32.0 Å². The fourth-order valence-corrected chi connectivity index (χ4v) is 1.92. The second kappa shape index (κ2) is 7.53. The normalized spacial score (nSPS) is 13.3. The molecule has 5 heteroatoms. The highest BCUT2D eigenvalue weighted by Gasteiger charge is 2.19. The number of carboxylic acids is 1. The Morgan fingerprint density at radius 2 is 1.90 bits per heavy atom. The molecule has 0 bridgehead atoms. The Morgan fingerprint density at radius 3 is 2.45 bits per heavy atom. The summed E-state index contributed by atoms with van der Waals surface area (Å²) in [5, 5.41) is 16.2. The van der Waals surface area contributed by atoms with Gasteiger partial charge in [-0.3, -0.25) is 0 Å². The number of urea groups is 1. The maximum Gasteiger partial charge on any atom is 0.319 e. The first-order valence-electron chi connectivity index (χ1n) is 6.85. The van der Waals surface area contributed by atoms with Gasteiger partial charge in [0, 0.05) is 5.69 Å². The van der Waals surface area contributed by atoms with E-state index < -0.39 is 18.0 Å².